The van der Waals surface area contributed by atoms with E-state index < -0.39 is 0 Å². The van der Waals surface area contributed by atoms with E-state index in [-0.39, 0.29) is 0 Å². The van der Waals surface area contributed by atoms with Crippen LogP contribution in [0.3, 0.4) is 0 Å². The van der Waals surface area contributed by atoms with E-state index in [9.17, 15) is 0 Å². The van der Waals surface area contributed by atoms with Crippen LogP contribution in [0.5, 0.6) is 0 Å². The third kappa shape index (κ3) is 5.23. The minimum absolute atomic E-state index is 1.15. The number of benzene rings is 1. The molecule has 1 heterocycles. The normalized spacial score (nSPS) is 13.7. The summed E-state index contributed by atoms with van der Waals surface area (Å²) in [6.45, 7) is 5.67. The number of nitrogens with zero attached hydrogens (tertiary/aromatic N) is 2. The summed E-state index contributed by atoms with van der Waals surface area (Å²) in [5.74, 6) is 0. The van der Waals surface area contributed by atoms with E-state index in [4.69, 9.17) is 0 Å². The molecule has 1 radical (unpaired) electrons. The molecule has 0 bridgehead atoms. The number of hydrogen-bond donors (Lipinski definition) is 0. The minimum Gasteiger partial charge on any atom is -0.349 e. The summed E-state index contributed by atoms with van der Waals surface area (Å²) in [7, 11) is 2.14. The fourth-order valence-electron chi connectivity index (χ4n) is 3.29. The number of unbranched alkanes of at least 4 members (excludes halogenated alkanes) is 9. The lowest BCUT2D eigenvalue weighted by Gasteiger charge is -2.18. The van der Waals surface area contributed by atoms with Crippen LogP contribution < -0.4 is 9.80 Å². The molecule has 0 fully saturated rings. The van der Waals surface area contributed by atoms with E-state index in [0.717, 1.165) is 6.54 Å². The zero-order valence-corrected chi connectivity index (χ0v) is 14.6. The molecule has 2 nitrogen and oxygen atoms in total. The predicted molar refractivity (Wildman–Crippen MR) is 98.3 cm³/mol. The van der Waals surface area contributed by atoms with Crippen LogP contribution in [-0.2, 0) is 0 Å². The fourth-order valence-corrected chi connectivity index (χ4v) is 3.29. The minimum atomic E-state index is 1.15. The molecule has 0 spiro atoms. The molecule has 123 valence electrons. The smallest absolute Gasteiger partial charge is 0.142 e. The topological polar surface area (TPSA) is 6.48 Å². The van der Waals surface area contributed by atoms with Crippen molar-refractivity contribution in [1.82, 2.24) is 0 Å². The second-order valence-corrected chi connectivity index (χ2v) is 6.59. The van der Waals surface area contributed by atoms with Crippen LogP contribution in [0.4, 0.5) is 11.4 Å². The average molecular weight is 301 g/mol. The predicted octanol–water partition coefficient (Wildman–Crippen LogP) is 5.98. The van der Waals surface area contributed by atoms with Gasteiger partial charge in [-0.1, -0.05) is 76.8 Å². The molecular weight excluding hydrogens is 268 g/mol. The van der Waals surface area contributed by atoms with Crippen molar-refractivity contribution in [1.29, 1.82) is 0 Å². The summed E-state index contributed by atoms with van der Waals surface area (Å²) in [4.78, 5) is 4.63. The third-order valence-corrected chi connectivity index (χ3v) is 4.64. The maximum atomic E-state index is 2.40. The van der Waals surface area contributed by atoms with Crippen molar-refractivity contribution < 1.29 is 0 Å². The molecule has 0 amide bonds. The zero-order chi connectivity index (χ0) is 15.6. The molecule has 0 aliphatic carbocycles. The van der Waals surface area contributed by atoms with Gasteiger partial charge in [0.2, 0.25) is 0 Å². The Morgan fingerprint density at radius 2 is 1.27 bits per heavy atom. The first kappa shape index (κ1) is 17.2. The van der Waals surface area contributed by atoms with Gasteiger partial charge in [0.25, 0.3) is 0 Å². The summed E-state index contributed by atoms with van der Waals surface area (Å²) in [6, 6.07) is 8.68. The first-order valence-corrected chi connectivity index (χ1v) is 9.26. The highest BCUT2D eigenvalue weighted by Gasteiger charge is 2.22. The number of hydrogen-bond acceptors (Lipinski definition) is 2. The fraction of sp³-hybridized carbons (Fsp3) is 0.650. The third-order valence-electron chi connectivity index (χ3n) is 4.64. The van der Waals surface area contributed by atoms with E-state index in [1.165, 1.54) is 75.6 Å². The van der Waals surface area contributed by atoms with Crippen LogP contribution >= 0.6 is 0 Å². The van der Waals surface area contributed by atoms with Gasteiger partial charge < -0.3 is 9.80 Å². The van der Waals surface area contributed by atoms with E-state index in [1.807, 2.05) is 0 Å². The maximum Gasteiger partial charge on any atom is 0.142 e. The van der Waals surface area contributed by atoms with Gasteiger partial charge in [-0.05, 0) is 18.6 Å². The van der Waals surface area contributed by atoms with Crippen LogP contribution in [0.1, 0.15) is 71.1 Å². The van der Waals surface area contributed by atoms with Crippen molar-refractivity contribution in [2.75, 3.05) is 23.4 Å². The SMILES string of the molecule is CCCCCCCCCCCCN1[CH]N(C)c2ccccc21. The molecule has 22 heavy (non-hydrogen) atoms. The van der Waals surface area contributed by atoms with Crippen molar-refractivity contribution in [2.24, 2.45) is 0 Å². The van der Waals surface area contributed by atoms with Gasteiger partial charge in [-0.2, -0.15) is 0 Å². The molecule has 1 aromatic carbocycles. The van der Waals surface area contributed by atoms with Crippen molar-refractivity contribution in [3.05, 3.63) is 30.9 Å². The summed E-state index contributed by atoms with van der Waals surface area (Å²) >= 11 is 0. The molecule has 0 atom stereocenters. The Morgan fingerprint density at radius 3 is 1.91 bits per heavy atom. The van der Waals surface area contributed by atoms with Crippen LogP contribution in [0, 0.1) is 6.67 Å². The van der Waals surface area contributed by atoms with Crippen LogP contribution in [0.15, 0.2) is 24.3 Å². The molecule has 0 saturated carbocycles. The molecule has 2 rings (SSSR count). The lowest BCUT2D eigenvalue weighted by molar-refractivity contribution is 0.556. The van der Waals surface area contributed by atoms with Gasteiger partial charge in [0.1, 0.15) is 6.67 Å². The van der Waals surface area contributed by atoms with Gasteiger partial charge in [0.05, 0.1) is 11.4 Å². The van der Waals surface area contributed by atoms with Crippen molar-refractivity contribution >= 4 is 11.4 Å². The van der Waals surface area contributed by atoms with Crippen molar-refractivity contribution in [3.63, 3.8) is 0 Å². The molecule has 2 heteroatoms. The van der Waals surface area contributed by atoms with Crippen molar-refractivity contribution in [2.45, 2.75) is 71.1 Å². The van der Waals surface area contributed by atoms with E-state index in [2.05, 4.69) is 54.7 Å². The Morgan fingerprint density at radius 1 is 0.727 bits per heavy atom. The monoisotopic (exact) mass is 301 g/mol. The second-order valence-electron chi connectivity index (χ2n) is 6.59. The highest BCUT2D eigenvalue weighted by Crippen LogP contribution is 2.36. The Balaban J connectivity index is 1.51. The van der Waals surface area contributed by atoms with Crippen molar-refractivity contribution in [3.8, 4) is 0 Å². The summed E-state index contributed by atoms with van der Waals surface area (Å²) < 4.78 is 0. The Hall–Kier alpha value is -1.18. The average Bonchev–Trinajstić information content (AvgIpc) is 2.86. The lowest BCUT2D eigenvalue weighted by Crippen LogP contribution is -2.23. The number of rotatable bonds is 11. The van der Waals surface area contributed by atoms with Gasteiger partial charge >= 0.3 is 0 Å². The molecule has 1 aliphatic heterocycles. The van der Waals surface area contributed by atoms with Crippen LogP contribution in [0.25, 0.3) is 0 Å². The van der Waals surface area contributed by atoms with Crippen LogP contribution in [0.2, 0.25) is 0 Å². The number of anilines is 2. The highest BCUT2D eigenvalue weighted by atomic mass is 15.4. The lowest BCUT2D eigenvalue weighted by atomic mass is 10.1. The number of fused-ring (bicyclic) bond motifs is 1. The first-order valence-electron chi connectivity index (χ1n) is 9.26. The Kier molecular flexibility index (Phi) is 7.62. The molecule has 0 saturated heterocycles. The zero-order valence-electron chi connectivity index (χ0n) is 14.6. The maximum absolute atomic E-state index is 2.40. The second kappa shape index (κ2) is 9.76. The summed E-state index contributed by atoms with van der Waals surface area (Å²) in [5.41, 5.74) is 2.69. The van der Waals surface area contributed by atoms with Crippen LogP contribution in [-0.4, -0.2) is 13.6 Å². The quantitative estimate of drug-likeness (QED) is 0.464. The molecule has 1 aliphatic rings. The molecule has 0 aromatic heterocycles. The van der Waals surface area contributed by atoms with Gasteiger partial charge in [0.15, 0.2) is 0 Å². The largest absolute Gasteiger partial charge is 0.349 e. The molecule has 1 aromatic rings. The first-order chi connectivity index (χ1) is 10.8. The Bertz CT molecular complexity index is 416. The van der Waals surface area contributed by atoms with E-state index in [0.29, 0.717) is 0 Å². The summed E-state index contributed by atoms with van der Waals surface area (Å²) in [6.07, 6.45) is 14.0. The van der Waals surface area contributed by atoms with Gasteiger partial charge in [0, 0.05) is 13.6 Å². The number of para-hydroxylation sites is 2. The standard InChI is InChI=1S/C20H33N2/c1-3-4-5-6-7-8-9-10-11-14-17-22-18-21(2)19-15-12-13-16-20(19)22/h12-13,15-16,18H,3-11,14,17H2,1-2H3. The molecule has 0 N–H and O–H groups in total. The molecular formula is C20H33N2. The van der Waals surface area contributed by atoms with E-state index in [1.54, 1.807) is 0 Å². The van der Waals surface area contributed by atoms with Gasteiger partial charge in [-0.25, -0.2) is 0 Å². The highest BCUT2D eigenvalue weighted by molar-refractivity contribution is 5.77. The van der Waals surface area contributed by atoms with E-state index >= 15 is 0 Å². The summed E-state index contributed by atoms with van der Waals surface area (Å²) in [5, 5.41) is 0. The molecule has 0 unspecified atom stereocenters. The van der Waals surface area contributed by atoms with Gasteiger partial charge in [-0.15, -0.1) is 0 Å². The van der Waals surface area contributed by atoms with Gasteiger partial charge in [-0.3, -0.25) is 0 Å². The Labute approximate surface area is 137 Å².